The summed E-state index contributed by atoms with van der Waals surface area (Å²) in [4.78, 5) is 0. The quantitative estimate of drug-likeness (QED) is 0.816. The fourth-order valence-corrected chi connectivity index (χ4v) is 1.56. The van der Waals surface area contributed by atoms with Crippen LogP contribution in [-0.2, 0) is 11.3 Å². The number of aromatic nitrogens is 2. The van der Waals surface area contributed by atoms with Crippen LogP contribution >= 0.6 is 0 Å². The van der Waals surface area contributed by atoms with Crippen LogP contribution in [0.5, 0.6) is 5.75 Å². The lowest BCUT2D eigenvalue weighted by Crippen LogP contribution is -1.99. The van der Waals surface area contributed by atoms with E-state index in [0.717, 1.165) is 0 Å². The van der Waals surface area contributed by atoms with Gasteiger partial charge in [0.2, 0.25) is 0 Å². The summed E-state index contributed by atoms with van der Waals surface area (Å²) < 4.78 is 25.2. The van der Waals surface area contributed by atoms with E-state index in [2.05, 4.69) is 5.10 Å². The van der Waals surface area contributed by atoms with Crippen molar-refractivity contribution < 1.29 is 13.9 Å². The zero-order valence-corrected chi connectivity index (χ0v) is 9.68. The van der Waals surface area contributed by atoms with Crippen LogP contribution in [0.4, 0.5) is 4.39 Å². The third-order valence-electron chi connectivity index (χ3n) is 2.35. The van der Waals surface area contributed by atoms with Gasteiger partial charge in [-0.15, -0.1) is 0 Å². The van der Waals surface area contributed by atoms with Crippen LogP contribution in [0.3, 0.4) is 0 Å². The summed E-state index contributed by atoms with van der Waals surface area (Å²) in [6, 6.07) is 6.43. The van der Waals surface area contributed by atoms with E-state index < -0.39 is 0 Å². The van der Waals surface area contributed by atoms with Crippen LogP contribution in [0.1, 0.15) is 5.69 Å². The highest BCUT2D eigenvalue weighted by Gasteiger charge is 2.12. The molecule has 0 aliphatic heterocycles. The highest BCUT2D eigenvalue weighted by molar-refractivity contribution is 5.36. The lowest BCUT2D eigenvalue weighted by atomic mass is 10.3. The van der Waals surface area contributed by atoms with Crippen molar-refractivity contribution in [2.75, 3.05) is 14.2 Å². The maximum absolute atomic E-state index is 13.6. The van der Waals surface area contributed by atoms with Crippen molar-refractivity contribution >= 4 is 0 Å². The first-order chi connectivity index (χ1) is 8.26. The average Bonchev–Trinajstić information content (AvgIpc) is 2.73. The molecule has 0 fully saturated rings. The van der Waals surface area contributed by atoms with Gasteiger partial charge in [0.1, 0.15) is 17.2 Å². The molecule has 90 valence electrons. The maximum Gasteiger partial charge on any atom is 0.162 e. The van der Waals surface area contributed by atoms with Gasteiger partial charge in [0.15, 0.2) is 5.75 Å². The van der Waals surface area contributed by atoms with Crippen LogP contribution in [0, 0.1) is 5.82 Å². The smallest absolute Gasteiger partial charge is 0.162 e. The number of benzene rings is 1. The molecule has 0 saturated carbocycles. The fraction of sp³-hybridized carbons (Fsp3) is 0.250. The minimum Gasteiger partial charge on any atom is -0.493 e. The molecule has 0 bridgehead atoms. The topological polar surface area (TPSA) is 36.3 Å². The predicted octanol–water partition coefficient (Wildman–Crippen LogP) is 2.17. The van der Waals surface area contributed by atoms with Gasteiger partial charge in [-0.25, -0.2) is 9.07 Å². The maximum atomic E-state index is 13.6. The minimum absolute atomic E-state index is 0.324. The summed E-state index contributed by atoms with van der Waals surface area (Å²) in [5.74, 6) is 0.247. The lowest BCUT2D eigenvalue weighted by molar-refractivity contribution is 0.178. The van der Waals surface area contributed by atoms with Crippen molar-refractivity contribution in [3.63, 3.8) is 0 Å². The van der Waals surface area contributed by atoms with Crippen molar-refractivity contribution in [3.05, 3.63) is 42.0 Å². The Morgan fingerprint density at radius 3 is 2.71 bits per heavy atom. The molecule has 5 heteroatoms. The second-order valence-electron chi connectivity index (χ2n) is 3.47. The first kappa shape index (κ1) is 11.6. The monoisotopic (exact) mass is 236 g/mol. The minimum atomic E-state index is -0.332. The summed E-state index contributed by atoms with van der Waals surface area (Å²) >= 11 is 0. The molecule has 0 radical (unpaired) electrons. The summed E-state index contributed by atoms with van der Waals surface area (Å²) in [6.45, 7) is 0.324. The zero-order valence-electron chi connectivity index (χ0n) is 9.68. The zero-order chi connectivity index (χ0) is 12.3. The number of rotatable bonds is 4. The second-order valence-corrected chi connectivity index (χ2v) is 3.47. The number of ether oxygens (including phenoxy) is 2. The average molecular weight is 236 g/mol. The molecule has 1 aromatic carbocycles. The van der Waals surface area contributed by atoms with E-state index in [1.165, 1.54) is 10.7 Å². The molecule has 0 amide bonds. The standard InChI is InChI=1S/C12H13FN2O2/c1-16-8-10-12(17-2)7-15(14-10)11-6-4-3-5-9(11)13/h3-7H,8H2,1-2H3. The Morgan fingerprint density at radius 1 is 1.29 bits per heavy atom. The van der Waals surface area contributed by atoms with Crippen LogP contribution in [0.25, 0.3) is 5.69 Å². The fourth-order valence-electron chi connectivity index (χ4n) is 1.56. The number of hydrogen-bond donors (Lipinski definition) is 0. The molecule has 0 atom stereocenters. The van der Waals surface area contributed by atoms with Gasteiger partial charge >= 0.3 is 0 Å². The molecule has 0 N–H and O–H groups in total. The van der Waals surface area contributed by atoms with E-state index in [4.69, 9.17) is 9.47 Å². The number of halogens is 1. The van der Waals surface area contributed by atoms with E-state index >= 15 is 0 Å². The van der Waals surface area contributed by atoms with Crippen LogP contribution in [0.2, 0.25) is 0 Å². The molecule has 1 heterocycles. The molecule has 0 saturated heterocycles. The van der Waals surface area contributed by atoms with Gasteiger partial charge in [0.25, 0.3) is 0 Å². The van der Waals surface area contributed by atoms with Crippen molar-refractivity contribution in [2.45, 2.75) is 6.61 Å². The molecule has 0 spiro atoms. The number of methoxy groups -OCH3 is 2. The Morgan fingerprint density at radius 2 is 2.06 bits per heavy atom. The van der Waals surface area contributed by atoms with Gasteiger partial charge in [0, 0.05) is 7.11 Å². The van der Waals surface area contributed by atoms with Gasteiger partial charge in [-0.3, -0.25) is 0 Å². The van der Waals surface area contributed by atoms with E-state index in [1.807, 2.05) is 0 Å². The Labute approximate surface area is 98.6 Å². The predicted molar refractivity (Wildman–Crippen MR) is 60.8 cm³/mol. The Hall–Kier alpha value is -1.88. The molecular formula is C12H13FN2O2. The van der Waals surface area contributed by atoms with E-state index in [9.17, 15) is 4.39 Å². The molecule has 2 rings (SSSR count). The van der Waals surface area contributed by atoms with Gasteiger partial charge in [-0.05, 0) is 12.1 Å². The van der Waals surface area contributed by atoms with E-state index in [0.29, 0.717) is 23.7 Å². The van der Waals surface area contributed by atoms with Crippen molar-refractivity contribution in [3.8, 4) is 11.4 Å². The van der Waals surface area contributed by atoms with Gasteiger partial charge in [0.05, 0.1) is 19.9 Å². The lowest BCUT2D eigenvalue weighted by Gasteiger charge is -2.01. The summed E-state index contributed by atoms with van der Waals surface area (Å²) in [6.07, 6.45) is 1.63. The molecular weight excluding hydrogens is 223 g/mol. The Balaban J connectivity index is 2.43. The first-order valence-corrected chi connectivity index (χ1v) is 5.12. The normalized spacial score (nSPS) is 10.5. The van der Waals surface area contributed by atoms with Crippen molar-refractivity contribution in [1.82, 2.24) is 9.78 Å². The van der Waals surface area contributed by atoms with Gasteiger partial charge in [-0.2, -0.15) is 5.10 Å². The number of para-hydroxylation sites is 1. The van der Waals surface area contributed by atoms with Gasteiger partial charge in [-0.1, -0.05) is 12.1 Å². The van der Waals surface area contributed by atoms with E-state index in [1.54, 1.807) is 38.6 Å². The van der Waals surface area contributed by atoms with Crippen LogP contribution in [-0.4, -0.2) is 24.0 Å². The largest absolute Gasteiger partial charge is 0.493 e. The Kier molecular flexibility index (Phi) is 3.39. The third kappa shape index (κ3) is 2.29. The second kappa shape index (κ2) is 4.97. The summed E-state index contributed by atoms with van der Waals surface area (Å²) in [5.41, 5.74) is 1.02. The van der Waals surface area contributed by atoms with Crippen LogP contribution in [0.15, 0.2) is 30.5 Å². The molecule has 17 heavy (non-hydrogen) atoms. The summed E-state index contributed by atoms with van der Waals surface area (Å²) in [5, 5.41) is 4.23. The molecule has 2 aromatic rings. The molecule has 0 aliphatic rings. The highest BCUT2D eigenvalue weighted by Crippen LogP contribution is 2.21. The van der Waals surface area contributed by atoms with Crippen LogP contribution < -0.4 is 4.74 Å². The third-order valence-corrected chi connectivity index (χ3v) is 2.35. The first-order valence-electron chi connectivity index (χ1n) is 5.12. The van der Waals surface area contributed by atoms with E-state index in [-0.39, 0.29) is 5.82 Å². The molecule has 0 aliphatic carbocycles. The summed E-state index contributed by atoms with van der Waals surface area (Å²) in [7, 11) is 3.11. The molecule has 0 unspecified atom stereocenters. The molecule has 1 aromatic heterocycles. The number of nitrogens with zero attached hydrogens (tertiary/aromatic N) is 2. The highest BCUT2D eigenvalue weighted by atomic mass is 19.1. The Bertz CT molecular complexity index is 511. The SMILES string of the molecule is COCc1nn(-c2ccccc2F)cc1OC. The van der Waals surface area contributed by atoms with Crippen molar-refractivity contribution in [2.24, 2.45) is 0 Å². The number of hydrogen-bond acceptors (Lipinski definition) is 3. The molecule has 4 nitrogen and oxygen atoms in total. The van der Waals surface area contributed by atoms with Gasteiger partial charge < -0.3 is 9.47 Å². The van der Waals surface area contributed by atoms with Crippen molar-refractivity contribution in [1.29, 1.82) is 0 Å².